The van der Waals surface area contributed by atoms with Crippen LogP contribution in [0.4, 0.5) is 0 Å². The highest BCUT2D eigenvalue weighted by atomic mass is 35.5. The fourth-order valence-corrected chi connectivity index (χ4v) is 2.86. The molecule has 0 aliphatic carbocycles. The zero-order valence-corrected chi connectivity index (χ0v) is 12.6. The predicted molar refractivity (Wildman–Crippen MR) is 82.7 cm³/mol. The molecule has 1 aliphatic heterocycles. The zero-order valence-electron chi connectivity index (χ0n) is 11.9. The van der Waals surface area contributed by atoms with Crippen LogP contribution >= 0.6 is 11.6 Å². The molecule has 1 saturated heterocycles. The molecule has 1 aromatic carbocycles. The third-order valence-corrected chi connectivity index (χ3v) is 4.16. The number of carbonyl (C=O) groups is 1. The molecule has 1 atom stereocenters. The number of ether oxygens (including phenoxy) is 1. The van der Waals surface area contributed by atoms with Crippen molar-refractivity contribution in [3.05, 3.63) is 41.2 Å². The first-order chi connectivity index (χ1) is 10.2. The minimum absolute atomic E-state index is 0.00267. The monoisotopic (exact) mass is 304 g/mol. The summed E-state index contributed by atoms with van der Waals surface area (Å²) in [6.45, 7) is 3.90. The molecule has 1 fully saturated rings. The Labute approximate surface area is 128 Å². The third-order valence-electron chi connectivity index (χ3n) is 3.86. The van der Waals surface area contributed by atoms with Gasteiger partial charge in [-0.1, -0.05) is 42.8 Å². The Balaban J connectivity index is 1.96. The van der Waals surface area contributed by atoms with Gasteiger partial charge in [-0.2, -0.15) is 0 Å². The van der Waals surface area contributed by atoms with E-state index in [0.29, 0.717) is 30.4 Å². The smallest absolute Gasteiger partial charge is 0.256 e. The topological polar surface area (TPSA) is 42.4 Å². The standard InChI is InChI=1S/C16H17ClN2O2/c1-2-11-10-19(7-8-21-11)16(20)14-9-18-15(17)13-6-4-3-5-12(13)14/h3-6,9,11H,2,7-8,10H2,1H3. The van der Waals surface area contributed by atoms with Crippen LogP contribution in [0.5, 0.6) is 0 Å². The van der Waals surface area contributed by atoms with Gasteiger partial charge in [-0.05, 0) is 11.8 Å². The van der Waals surface area contributed by atoms with Gasteiger partial charge in [0.2, 0.25) is 0 Å². The molecule has 2 aromatic rings. The highest BCUT2D eigenvalue weighted by Gasteiger charge is 2.25. The quantitative estimate of drug-likeness (QED) is 0.801. The van der Waals surface area contributed by atoms with Gasteiger partial charge in [0, 0.05) is 24.7 Å². The molecule has 0 N–H and O–H groups in total. The summed E-state index contributed by atoms with van der Waals surface area (Å²) in [5, 5.41) is 2.09. The van der Waals surface area contributed by atoms with E-state index >= 15 is 0 Å². The van der Waals surface area contributed by atoms with Crippen molar-refractivity contribution in [2.24, 2.45) is 0 Å². The summed E-state index contributed by atoms with van der Waals surface area (Å²) in [7, 11) is 0. The van der Waals surface area contributed by atoms with Gasteiger partial charge in [0.25, 0.3) is 5.91 Å². The first-order valence-electron chi connectivity index (χ1n) is 7.14. The van der Waals surface area contributed by atoms with E-state index in [2.05, 4.69) is 11.9 Å². The average Bonchev–Trinajstić information content (AvgIpc) is 2.55. The van der Waals surface area contributed by atoms with Crippen LogP contribution in [0.2, 0.25) is 5.15 Å². The van der Waals surface area contributed by atoms with Crippen molar-refractivity contribution >= 4 is 28.3 Å². The summed E-state index contributed by atoms with van der Waals surface area (Å²) in [6, 6.07) is 7.60. The molecule has 5 heteroatoms. The van der Waals surface area contributed by atoms with E-state index in [4.69, 9.17) is 16.3 Å². The number of halogens is 1. The van der Waals surface area contributed by atoms with Gasteiger partial charge < -0.3 is 9.64 Å². The van der Waals surface area contributed by atoms with Crippen LogP contribution in [0.3, 0.4) is 0 Å². The molecule has 0 saturated carbocycles. The minimum Gasteiger partial charge on any atom is -0.375 e. The first kappa shape index (κ1) is 14.3. The number of pyridine rings is 1. The molecule has 4 nitrogen and oxygen atoms in total. The number of amides is 1. The molecule has 0 radical (unpaired) electrons. The van der Waals surface area contributed by atoms with E-state index in [0.717, 1.165) is 17.2 Å². The van der Waals surface area contributed by atoms with Crippen LogP contribution in [0.15, 0.2) is 30.5 Å². The van der Waals surface area contributed by atoms with Gasteiger partial charge in [-0.25, -0.2) is 4.98 Å². The van der Waals surface area contributed by atoms with E-state index in [-0.39, 0.29) is 12.0 Å². The van der Waals surface area contributed by atoms with Crippen molar-refractivity contribution in [3.8, 4) is 0 Å². The van der Waals surface area contributed by atoms with Gasteiger partial charge in [0.15, 0.2) is 0 Å². The summed E-state index contributed by atoms with van der Waals surface area (Å²) in [5.41, 5.74) is 0.603. The van der Waals surface area contributed by atoms with E-state index in [1.165, 1.54) is 0 Å². The normalized spacial score (nSPS) is 19.0. The lowest BCUT2D eigenvalue weighted by molar-refractivity contribution is -0.0225. The Morgan fingerprint density at radius 1 is 1.43 bits per heavy atom. The maximum absolute atomic E-state index is 12.8. The molecule has 1 amide bonds. The fourth-order valence-electron chi connectivity index (χ4n) is 2.65. The molecule has 1 unspecified atom stereocenters. The Bertz CT molecular complexity index is 674. The number of hydrogen-bond acceptors (Lipinski definition) is 3. The van der Waals surface area contributed by atoms with Crippen LogP contribution in [-0.2, 0) is 4.74 Å². The number of morpholine rings is 1. The van der Waals surface area contributed by atoms with Crippen LogP contribution in [0, 0.1) is 0 Å². The lowest BCUT2D eigenvalue weighted by Gasteiger charge is -2.32. The second-order valence-electron chi connectivity index (χ2n) is 5.16. The highest BCUT2D eigenvalue weighted by molar-refractivity contribution is 6.34. The zero-order chi connectivity index (χ0) is 14.8. The molecule has 0 spiro atoms. The molecule has 1 aliphatic rings. The van der Waals surface area contributed by atoms with E-state index in [1.807, 2.05) is 29.2 Å². The van der Waals surface area contributed by atoms with Crippen LogP contribution in [0.25, 0.3) is 10.8 Å². The second-order valence-corrected chi connectivity index (χ2v) is 5.52. The molecule has 110 valence electrons. The van der Waals surface area contributed by atoms with Crippen molar-refractivity contribution in [1.29, 1.82) is 0 Å². The van der Waals surface area contributed by atoms with Crippen molar-refractivity contribution in [2.75, 3.05) is 19.7 Å². The van der Waals surface area contributed by atoms with E-state index < -0.39 is 0 Å². The molecule has 21 heavy (non-hydrogen) atoms. The Kier molecular flexibility index (Phi) is 4.08. The van der Waals surface area contributed by atoms with E-state index in [9.17, 15) is 4.79 Å². The van der Waals surface area contributed by atoms with Gasteiger partial charge >= 0.3 is 0 Å². The first-order valence-corrected chi connectivity index (χ1v) is 7.52. The molecule has 3 rings (SSSR count). The van der Waals surface area contributed by atoms with Crippen molar-refractivity contribution in [2.45, 2.75) is 19.4 Å². The summed E-state index contributed by atoms with van der Waals surface area (Å²) in [5.74, 6) is -0.00267. The maximum atomic E-state index is 12.8. The van der Waals surface area contributed by atoms with Gasteiger partial charge in [0.05, 0.1) is 18.3 Å². The summed E-state index contributed by atoms with van der Waals surface area (Å²) in [4.78, 5) is 18.8. The van der Waals surface area contributed by atoms with Gasteiger partial charge in [-0.15, -0.1) is 0 Å². The van der Waals surface area contributed by atoms with Crippen molar-refractivity contribution < 1.29 is 9.53 Å². The Morgan fingerprint density at radius 2 is 2.19 bits per heavy atom. The number of rotatable bonds is 2. The van der Waals surface area contributed by atoms with Crippen LogP contribution in [0.1, 0.15) is 23.7 Å². The number of hydrogen-bond donors (Lipinski definition) is 0. The molecule has 1 aromatic heterocycles. The van der Waals surface area contributed by atoms with Gasteiger partial charge in [0.1, 0.15) is 5.15 Å². The van der Waals surface area contributed by atoms with Crippen LogP contribution in [-0.4, -0.2) is 41.6 Å². The van der Waals surface area contributed by atoms with Gasteiger partial charge in [-0.3, -0.25) is 4.79 Å². The maximum Gasteiger partial charge on any atom is 0.256 e. The predicted octanol–water partition coefficient (Wildman–Crippen LogP) is 3.14. The summed E-state index contributed by atoms with van der Waals surface area (Å²) in [6.07, 6.45) is 2.60. The molecular formula is C16H17ClN2O2. The Morgan fingerprint density at radius 3 is 2.95 bits per heavy atom. The largest absolute Gasteiger partial charge is 0.375 e. The number of carbonyl (C=O) groups excluding carboxylic acids is 1. The summed E-state index contributed by atoms with van der Waals surface area (Å²) >= 11 is 6.11. The molecule has 2 heterocycles. The highest BCUT2D eigenvalue weighted by Crippen LogP contribution is 2.25. The second kappa shape index (κ2) is 6.00. The minimum atomic E-state index is -0.00267. The summed E-state index contributed by atoms with van der Waals surface area (Å²) < 4.78 is 5.62. The number of nitrogens with zero attached hydrogens (tertiary/aromatic N) is 2. The van der Waals surface area contributed by atoms with Crippen molar-refractivity contribution in [1.82, 2.24) is 9.88 Å². The average molecular weight is 305 g/mol. The number of benzene rings is 1. The Hall–Kier alpha value is -1.65. The van der Waals surface area contributed by atoms with E-state index in [1.54, 1.807) is 6.20 Å². The lowest BCUT2D eigenvalue weighted by Crippen LogP contribution is -2.45. The SMILES string of the molecule is CCC1CN(C(=O)c2cnc(Cl)c3ccccc23)CCO1. The molecular weight excluding hydrogens is 288 g/mol. The van der Waals surface area contributed by atoms with Crippen molar-refractivity contribution in [3.63, 3.8) is 0 Å². The van der Waals surface area contributed by atoms with Crippen LogP contribution < -0.4 is 0 Å². The molecule has 0 bridgehead atoms. The lowest BCUT2D eigenvalue weighted by atomic mass is 10.1. The number of aromatic nitrogens is 1. The third kappa shape index (κ3) is 2.74. The fraction of sp³-hybridized carbons (Fsp3) is 0.375. The number of fused-ring (bicyclic) bond motifs is 1.